The van der Waals surface area contributed by atoms with Crippen molar-refractivity contribution in [3.8, 4) is 0 Å². The number of nitrogens with one attached hydrogen (secondary N) is 1. The minimum atomic E-state index is -3.98. The fourth-order valence-electron chi connectivity index (χ4n) is 1.41. The summed E-state index contributed by atoms with van der Waals surface area (Å²) >= 11 is 6.77. The number of thiophene rings is 1. The van der Waals surface area contributed by atoms with Crippen LogP contribution in [0, 0.1) is 5.82 Å². The number of benzene rings is 1. The van der Waals surface area contributed by atoms with Crippen LogP contribution in [0.3, 0.4) is 0 Å². The molecule has 0 amide bonds. The number of carboxylic acids is 1. The number of sulfonamides is 1. The Balaban J connectivity index is 2.38. The first-order chi connectivity index (χ1) is 9.70. The van der Waals surface area contributed by atoms with E-state index in [4.69, 9.17) is 5.11 Å². The van der Waals surface area contributed by atoms with E-state index in [1.807, 2.05) is 0 Å². The van der Waals surface area contributed by atoms with Gasteiger partial charge in [-0.3, -0.25) is 4.72 Å². The average Bonchev–Trinajstić information content (AvgIpc) is 2.77. The topological polar surface area (TPSA) is 83.5 Å². The number of hydrogen-bond donors (Lipinski definition) is 2. The van der Waals surface area contributed by atoms with Gasteiger partial charge in [0.2, 0.25) is 0 Å². The van der Waals surface area contributed by atoms with Crippen LogP contribution in [0.5, 0.6) is 0 Å². The minimum Gasteiger partial charge on any atom is -0.477 e. The molecule has 1 aromatic heterocycles. The van der Waals surface area contributed by atoms with Crippen molar-refractivity contribution in [3.63, 3.8) is 0 Å². The lowest BCUT2D eigenvalue weighted by Gasteiger charge is -2.07. The largest absolute Gasteiger partial charge is 0.477 e. The van der Waals surface area contributed by atoms with Gasteiger partial charge in [0, 0.05) is 0 Å². The molecule has 1 aromatic carbocycles. The quantitative estimate of drug-likeness (QED) is 0.727. The van der Waals surface area contributed by atoms with Crippen LogP contribution in [0.15, 0.2) is 37.4 Å². The second-order valence-corrected chi connectivity index (χ2v) is 8.66. The van der Waals surface area contributed by atoms with Crippen molar-refractivity contribution in [2.75, 3.05) is 4.72 Å². The van der Waals surface area contributed by atoms with E-state index in [1.54, 1.807) is 0 Å². The summed E-state index contributed by atoms with van der Waals surface area (Å²) in [5, 5.41) is 8.87. The fourth-order valence-corrected chi connectivity index (χ4v) is 5.24. The zero-order valence-corrected chi connectivity index (χ0v) is 14.7. The van der Waals surface area contributed by atoms with Crippen LogP contribution in [0.2, 0.25) is 0 Å². The van der Waals surface area contributed by atoms with Crippen LogP contribution in [0.4, 0.5) is 10.1 Å². The van der Waals surface area contributed by atoms with Crippen LogP contribution >= 0.6 is 43.2 Å². The molecule has 112 valence electrons. The van der Waals surface area contributed by atoms with E-state index in [1.165, 1.54) is 12.1 Å². The van der Waals surface area contributed by atoms with Gasteiger partial charge in [0.25, 0.3) is 10.0 Å². The summed E-state index contributed by atoms with van der Waals surface area (Å²) in [7, 11) is -3.98. The molecule has 0 spiro atoms. The third-order valence-electron chi connectivity index (χ3n) is 2.33. The Morgan fingerprint density at radius 3 is 2.48 bits per heavy atom. The summed E-state index contributed by atoms with van der Waals surface area (Å²) in [5.41, 5.74) is 0.151. The number of carboxylic acid groups (broad SMARTS) is 1. The maximum Gasteiger partial charge on any atom is 0.345 e. The van der Waals surface area contributed by atoms with Gasteiger partial charge >= 0.3 is 5.97 Å². The summed E-state index contributed by atoms with van der Waals surface area (Å²) < 4.78 is 40.1. The first-order valence-corrected chi connectivity index (χ1v) is 9.10. The summed E-state index contributed by atoms with van der Waals surface area (Å²) in [6, 6.07) is 4.69. The van der Waals surface area contributed by atoms with E-state index < -0.39 is 21.8 Å². The molecule has 2 rings (SSSR count). The van der Waals surface area contributed by atoms with Gasteiger partial charge in [-0.25, -0.2) is 17.6 Å². The van der Waals surface area contributed by atoms with Crippen LogP contribution < -0.4 is 4.72 Å². The summed E-state index contributed by atoms with van der Waals surface area (Å²) in [6.45, 7) is 0. The molecule has 10 heteroatoms. The average molecular weight is 459 g/mol. The van der Waals surface area contributed by atoms with Gasteiger partial charge < -0.3 is 5.11 Å². The number of halogens is 3. The van der Waals surface area contributed by atoms with E-state index in [0.717, 1.165) is 23.5 Å². The minimum absolute atomic E-state index is 0.109. The van der Waals surface area contributed by atoms with Crippen molar-refractivity contribution in [2.24, 2.45) is 0 Å². The molecule has 5 nitrogen and oxygen atoms in total. The molecule has 0 saturated carbocycles. The van der Waals surface area contributed by atoms with Crippen molar-refractivity contribution >= 4 is 64.9 Å². The predicted molar refractivity (Wildman–Crippen MR) is 83.9 cm³/mol. The first-order valence-electron chi connectivity index (χ1n) is 5.21. The van der Waals surface area contributed by atoms with Gasteiger partial charge in [-0.05, 0) is 56.1 Å². The van der Waals surface area contributed by atoms with Gasteiger partial charge in [-0.1, -0.05) is 0 Å². The molecule has 21 heavy (non-hydrogen) atoms. The molecular weight excluding hydrogens is 453 g/mol. The number of hydrogen-bond acceptors (Lipinski definition) is 4. The number of aromatic carboxylic acids is 1. The Kier molecular flexibility index (Phi) is 4.71. The second kappa shape index (κ2) is 6.03. The molecule has 2 N–H and O–H groups in total. The lowest BCUT2D eigenvalue weighted by atomic mass is 10.3. The Labute approximate surface area is 140 Å². The highest BCUT2D eigenvalue weighted by Gasteiger charge is 2.23. The molecule has 0 aliphatic carbocycles. The van der Waals surface area contributed by atoms with E-state index in [-0.39, 0.29) is 23.7 Å². The summed E-state index contributed by atoms with van der Waals surface area (Å²) in [5.74, 6) is -1.74. The molecule has 0 atom stereocenters. The van der Waals surface area contributed by atoms with Crippen LogP contribution in [-0.2, 0) is 10.0 Å². The highest BCUT2D eigenvalue weighted by atomic mass is 79.9. The monoisotopic (exact) mass is 457 g/mol. The number of rotatable bonds is 4. The number of anilines is 1. The molecule has 0 radical (unpaired) electrons. The van der Waals surface area contributed by atoms with Crippen molar-refractivity contribution < 1.29 is 22.7 Å². The molecule has 1 heterocycles. The maximum atomic E-state index is 13.1. The zero-order valence-electron chi connectivity index (χ0n) is 9.93. The third kappa shape index (κ3) is 3.62. The zero-order chi connectivity index (χ0) is 15.8. The van der Waals surface area contributed by atoms with Crippen molar-refractivity contribution in [2.45, 2.75) is 4.90 Å². The smallest absolute Gasteiger partial charge is 0.345 e. The van der Waals surface area contributed by atoms with E-state index in [9.17, 15) is 17.6 Å². The molecule has 0 aliphatic rings. The Hall–Kier alpha value is -0.970. The van der Waals surface area contributed by atoms with E-state index in [0.29, 0.717) is 0 Å². The Morgan fingerprint density at radius 1 is 1.29 bits per heavy atom. The SMILES string of the molecule is O=C(O)c1cc(S(=O)(=O)Nc2ccc(F)c(Br)c2)c(Br)s1. The summed E-state index contributed by atoms with van der Waals surface area (Å²) in [4.78, 5) is 10.6. The molecule has 0 unspecified atom stereocenters. The standard InChI is InChI=1S/C11H6Br2FNO4S2/c12-6-3-5(1-2-7(6)14)15-21(18,19)9-4-8(11(16)17)20-10(9)13/h1-4,15H,(H,16,17). The highest BCUT2D eigenvalue weighted by molar-refractivity contribution is 9.11. The molecule has 0 fully saturated rings. The second-order valence-electron chi connectivity index (χ2n) is 3.79. The maximum absolute atomic E-state index is 13.1. The van der Waals surface area contributed by atoms with Crippen LogP contribution in [0.25, 0.3) is 0 Å². The third-order valence-corrected chi connectivity index (χ3v) is 6.56. The van der Waals surface area contributed by atoms with Gasteiger partial charge in [0.1, 0.15) is 15.6 Å². The van der Waals surface area contributed by atoms with E-state index in [2.05, 4.69) is 36.6 Å². The van der Waals surface area contributed by atoms with Crippen LogP contribution in [0.1, 0.15) is 9.67 Å². The van der Waals surface area contributed by atoms with Gasteiger partial charge in [-0.15, -0.1) is 11.3 Å². The lowest BCUT2D eigenvalue weighted by molar-refractivity contribution is 0.0702. The fraction of sp³-hybridized carbons (Fsp3) is 0. The van der Waals surface area contributed by atoms with Crippen molar-refractivity contribution in [1.82, 2.24) is 0 Å². The van der Waals surface area contributed by atoms with Crippen molar-refractivity contribution in [1.29, 1.82) is 0 Å². The van der Waals surface area contributed by atoms with Gasteiger partial charge in [-0.2, -0.15) is 0 Å². The van der Waals surface area contributed by atoms with Crippen molar-refractivity contribution in [3.05, 3.63) is 43.2 Å². The molecule has 2 aromatic rings. The Morgan fingerprint density at radius 2 is 1.95 bits per heavy atom. The summed E-state index contributed by atoms with van der Waals surface area (Å²) in [6.07, 6.45) is 0. The van der Waals surface area contributed by atoms with Gasteiger partial charge in [0.15, 0.2) is 0 Å². The van der Waals surface area contributed by atoms with E-state index >= 15 is 0 Å². The predicted octanol–water partition coefficient (Wildman–Crippen LogP) is 3.91. The lowest BCUT2D eigenvalue weighted by Crippen LogP contribution is -2.12. The van der Waals surface area contributed by atoms with Gasteiger partial charge in [0.05, 0.1) is 13.9 Å². The molecule has 0 bridgehead atoms. The molecular formula is C11H6Br2FNO4S2. The highest BCUT2D eigenvalue weighted by Crippen LogP contribution is 2.33. The van der Waals surface area contributed by atoms with Crippen LogP contribution in [-0.4, -0.2) is 19.5 Å². The molecule has 0 saturated heterocycles. The normalized spacial score (nSPS) is 11.4. The number of carbonyl (C=O) groups is 1. The Bertz CT molecular complexity index is 820. The molecule has 0 aliphatic heterocycles. The first kappa shape index (κ1) is 16.4.